The summed E-state index contributed by atoms with van der Waals surface area (Å²) in [4.78, 5) is 8.36. The molecule has 1 unspecified atom stereocenters. The molecular weight excluding hydrogens is 190 g/mol. The Hall–Kier alpha value is -1.16. The Balaban J connectivity index is 2.65. The molecule has 1 aromatic heterocycles. The molecule has 84 valence electrons. The number of aromatic nitrogens is 2. The van der Waals surface area contributed by atoms with Crippen molar-refractivity contribution in [1.82, 2.24) is 9.97 Å². The number of rotatable bonds is 5. The van der Waals surface area contributed by atoms with Crippen molar-refractivity contribution < 1.29 is 4.74 Å². The Morgan fingerprint density at radius 2 is 2.13 bits per heavy atom. The van der Waals surface area contributed by atoms with Gasteiger partial charge in [-0.05, 0) is 12.0 Å². The largest absolute Gasteiger partial charge is 0.463 e. The van der Waals surface area contributed by atoms with Crippen molar-refractivity contribution in [3.05, 3.63) is 18.0 Å². The van der Waals surface area contributed by atoms with Crippen molar-refractivity contribution in [2.75, 3.05) is 13.2 Å². The van der Waals surface area contributed by atoms with Crippen LogP contribution in [-0.4, -0.2) is 23.1 Å². The first kappa shape index (κ1) is 11.9. The first-order valence-electron chi connectivity index (χ1n) is 5.29. The van der Waals surface area contributed by atoms with Crippen LogP contribution in [0.25, 0.3) is 0 Å². The molecular formula is C11H19N3O. The summed E-state index contributed by atoms with van der Waals surface area (Å²) in [6, 6.07) is 2.32. The van der Waals surface area contributed by atoms with E-state index in [4.69, 9.17) is 10.5 Å². The molecule has 0 aliphatic heterocycles. The van der Waals surface area contributed by atoms with Crippen molar-refractivity contribution in [1.29, 1.82) is 0 Å². The molecule has 0 aliphatic carbocycles. The van der Waals surface area contributed by atoms with Gasteiger partial charge >= 0.3 is 6.01 Å². The highest BCUT2D eigenvalue weighted by Crippen LogP contribution is 2.13. The molecule has 2 N–H and O–H groups in total. The van der Waals surface area contributed by atoms with Crippen LogP contribution in [0, 0.1) is 5.92 Å². The summed E-state index contributed by atoms with van der Waals surface area (Å²) in [5.74, 6) is 0.721. The molecule has 0 fully saturated rings. The smallest absolute Gasteiger partial charge is 0.316 e. The molecule has 0 bridgehead atoms. The molecule has 0 radical (unpaired) electrons. The van der Waals surface area contributed by atoms with Gasteiger partial charge in [0.05, 0.1) is 12.3 Å². The molecule has 15 heavy (non-hydrogen) atoms. The molecule has 0 aliphatic rings. The minimum atomic E-state index is 0.245. The summed E-state index contributed by atoms with van der Waals surface area (Å²) in [5.41, 5.74) is 6.51. The Kier molecular flexibility index (Phi) is 4.49. The summed E-state index contributed by atoms with van der Waals surface area (Å²) >= 11 is 0. The second-order valence-corrected chi connectivity index (χ2v) is 4.11. The zero-order chi connectivity index (χ0) is 11.3. The third-order valence-electron chi connectivity index (χ3n) is 2.06. The summed E-state index contributed by atoms with van der Waals surface area (Å²) in [7, 11) is 0. The third-order valence-corrected chi connectivity index (χ3v) is 2.06. The summed E-state index contributed by atoms with van der Waals surface area (Å²) < 4.78 is 5.44. The maximum atomic E-state index is 5.58. The zero-order valence-electron chi connectivity index (χ0n) is 9.60. The number of ether oxygens (including phenoxy) is 1. The van der Waals surface area contributed by atoms with Gasteiger partial charge < -0.3 is 10.5 Å². The molecule has 1 atom stereocenters. The quantitative estimate of drug-likeness (QED) is 0.799. The van der Waals surface area contributed by atoms with Gasteiger partial charge in [-0.3, -0.25) is 0 Å². The highest BCUT2D eigenvalue weighted by atomic mass is 16.5. The Bertz CT molecular complexity index is 302. The Morgan fingerprint density at radius 1 is 1.40 bits per heavy atom. The second kappa shape index (κ2) is 5.66. The fourth-order valence-electron chi connectivity index (χ4n) is 1.06. The minimum absolute atomic E-state index is 0.245. The van der Waals surface area contributed by atoms with Crippen LogP contribution < -0.4 is 10.5 Å². The number of nitrogens with two attached hydrogens (primary N) is 1. The predicted molar refractivity (Wildman–Crippen MR) is 59.8 cm³/mol. The maximum absolute atomic E-state index is 5.58. The lowest BCUT2D eigenvalue weighted by Crippen LogP contribution is -2.12. The van der Waals surface area contributed by atoms with E-state index in [1.165, 1.54) is 0 Å². The van der Waals surface area contributed by atoms with Crippen molar-refractivity contribution in [2.45, 2.75) is 26.7 Å². The third kappa shape index (κ3) is 3.83. The highest BCUT2D eigenvalue weighted by Gasteiger charge is 2.07. The van der Waals surface area contributed by atoms with Gasteiger partial charge in [0.15, 0.2) is 0 Å². The minimum Gasteiger partial charge on any atom is -0.463 e. The molecule has 1 aromatic rings. The summed E-state index contributed by atoms with van der Waals surface area (Å²) in [6.07, 6.45) is 1.71. The van der Waals surface area contributed by atoms with Crippen LogP contribution >= 0.6 is 0 Å². The lowest BCUT2D eigenvalue weighted by Gasteiger charge is -2.10. The van der Waals surface area contributed by atoms with Crippen LogP contribution in [0.3, 0.4) is 0 Å². The first-order valence-corrected chi connectivity index (χ1v) is 5.29. The van der Waals surface area contributed by atoms with Crippen LogP contribution in [0.4, 0.5) is 0 Å². The molecule has 1 rings (SSSR count). The van der Waals surface area contributed by atoms with Gasteiger partial charge in [0, 0.05) is 18.7 Å². The van der Waals surface area contributed by atoms with E-state index in [9.17, 15) is 0 Å². The van der Waals surface area contributed by atoms with Crippen molar-refractivity contribution in [3.8, 4) is 6.01 Å². The van der Waals surface area contributed by atoms with Gasteiger partial charge in [-0.15, -0.1) is 0 Å². The molecule has 0 spiro atoms. The SMILES string of the molecule is CC(C)COc1nccc(C(C)CN)n1. The van der Waals surface area contributed by atoms with E-state index in [1.54, 1.807) is 6.20 Å². The van der Waals surface area contributed by atoms with Gasteiger partial charge in [-0.2, -0.15) is 4.98 Å². The van der Waals surface area contributed by atoms with Gasteiger partial charge in [-0.1, -0.05) is 20.8 Å². The van der Waals surface area contributed by atoms with Crippen LogP contribution in [0.1, 0.15) is 32.4 Å². The van der Waals surface area contributed by atoms with E-state index in [2.05, 4.69) is 23.8 Å². The van der Waals surface area contributed by atoms with Crippen molar-refractivity contribution in [2.24, 2.45) is 11.7 Å². The monoisotopic (exact) mass is 209 g/mol. The fourth-order valence-corrected chi connectivity index (χ4v) is 1.06. The second-order valence-electron chi connectivity index (χ2n) is 4.11. The molecule has 0 aromatic carbocycles. The average molecular weight is 209 g/mol. The van der Waals surface area contributed by atoms with Gasteiger partial charge in [0.25, 0.3) is 0 Å². The van der Waals surface area contributed by atoms with E-state index >= 15 is 0 Å². The van der Waals surface area contributed by atoms with E-state index in [0.29, 0.717) is 25.1 Å². The molecule has 4 heteroatoms. The fraction of sp³-hybridized carbons (Fsp3) is 0.636. The number of hydrogen-bond donors (Lipinski definition) is 1. The zero-order valence-corrected chi connectivity index (χ0v) is 9.60. The highest BCUT2D eigenvalue weighted by molar-refractivity contribution is 5.10. The molecule has 0 saturated heterocycles. The van der Waals surface area contributed by atoms with Gasteiger partial charge in [0.2, 0.25) is 0 Å². The lowest BCUT2D eigenvalue weighted by molar-refractivity contribution is 0.249. The standard InChI is InChI=1S/C11H19N3O/c1-8(2)7-15-11-13-5-4-10(14-11)9(3)6-12/h4-5,8-9H,6-7,12H2,1-3H3. The first-order chi connectivity index (χ1) is 7.13. The maximum Gasteiger partial charge on any atom is 0.316 e. The predicted octanol–water partition coefficient (Wildman–Crippen LogP) is 1.57. The van der Waals surface area contributed by atoms with Gasteiger partial charge in [0.1, 0.15) is 0 Å². The normalized spacial score (nSPS) is 12.9. The van der Waals surface area contributed by atoms with Crippen molar-refractivity contribution in [3.63, 3.8) is 0 Å². The van der Waals surface area contributed by atoms with E-state index in [-0.39, 0.29) is 5.92 Å². The van der Waals surface area contributed by atoms with Crippen molar-refractivity contribution >= 4 is 0 Å². The Morgan fingerprint density at radius 3 is 2.73 bits per heavy atom. The van der Waals surface area contributed by atoms with E-state index in [0.717, 1.165) is 5.69 Å². The average Bonchev–Trinajstić information content (AvgIpc) is 2.25. The number of hydrogen-bond acceptors (Lipinski definition) is 4. The lowest BCUT2D eigenvalue weighted by atomic mass is 10.1. The summed E-state index contributed by atoms with van der Waals surface area (Å²) in [6.45, 7) is 7.44. The summed E-state index contributed by atoms with van der Waals surface area (Å²) in [5, 5.41) is 0. The number of nitrogens with zero attached hydrogens (tertiary/aromatic N) is 2. The van der Waals surface area contributed by atoms with Crippen LogP contribution in [0.15, 0.2) is 12.3 Å². The van der Waals surface area contributed by atoms with Crippen LogP contribution in [0.2, 0.25) is 0 Å². The van der Waals surface area contributed by atoms with E-state index < -0.39 is 0 Å². The molecule has 4 nitrogen and oxygen atoms in total. The van der Waals surface area contributed by atoms with Gasteiger partial charge in [-0.25, -0.2) is 4.98 Å². The Labute approximate surface area is 90.9 Å². The topological polar surface area (TPSA) is 61.0 Å². The molecule has 1 heterocycles. The molecule has 0 saturated carbocycles. The van der Waals surface area contributed by atoms with Crippen LogP contribution in [0.5, 0.6) is 6.01 Å². The van der Waals surface area contributed by atoms with E-state index in [1.807, 2.05) is 13.0 Å². The van der Waals surface area contributed by atoms with Crippen LogP contribution in [-0.2, 0) is 0 Å². The molecule has 0 amide bonds.